The van der Waals surface area contributed by atoms with Crippen LogP contribution in [0.15, 0.2) is 35.0 Å². The zero-order chi connectivity index (χ0) is 19.7. The highest BCUT2D eigenvalue weighted by Gasteiger charge is 2.29. The molecule has 2 aromatic heterocycles. The summed E-state index contributed by atoms with van der Waals surface area (Å²) in [5.74, 6) is 1.10. The molecule has 0 unspecified atom stereocenters. The average Bonchev–Trinajstić information content (AvgIpc) is 3.46. The summed E-state index contributed by atoms with van der Waals surface area (Å²) in [5, 5.41) is 21.1. The van der Waals surface area contributed by atoms with Crippen LogP contribution in [0.4, 0.5) is 0 Å². The van der Waals surface area contributed by atoms with Crippen molar-refractivity contribution < 1.29 is 9.32 Å². The number of carbonyl (C=O) groups is 1. The van der Waals surface area contributed by atoms with Gasteiger partial charge in [0.25, 0.3) is 11.8 Å². The second-order valence-corrected chi connectivity index (χ2v) is 7.08. The summed E-state index contributed by atoms with van der Waals surface area (Å²) in [5.41, 5.74) is 1.63. The van der Waals surface area contributed by atoms with Gasteiger partial charge in [-0.05, 0) is 30.7 Å². The van der Waals surface area contributed by atoms with Crippen molar-refractivity contribution in [1.29, 1.82) is 5.26 Å². The Morgan fingerprint density at radius 3 is 2.79 bits per heavy atom. The number of amides is 1. The van der Waals surface area contributed by atoms with Gasteiger partial charge in [-0.15, -0.1) is 5.10 Å². The number of nitriles is 1. The molecule has 3 heterocycles. The van der Waals surface area contributed by atoms with Gasteiger partial charge in [-0.3, -0.25) is 4.79 Å². The van der Waals surface area contributed by atoms with Gasteiger partial charge in [0.15, 0.2) is 11.5 Å². The Kier molecular flexibility index (Phi) is 4.61. The molecule has 0 N–H and O–H groups in total. The van der Waals surface area contributed by atoms with Crippen molar-refractivity contribution in [2.75, 3.05) is 13.1 Å². The predicted molar refractivity (Wildman–Crippen MR) is 98.1 cm³/mol. The molecule has 28 heavy (non-hydrogen) atoms. The number of hydrogen-bond acceptors (Lipinski definition) is 7. The van der Waals surface area contributed by atoms with E-state index in [0.717, 1.165) is 6.42 Å². The van der Waals surface area contributed by atoms with Crippen LogP contribution in [0.5, 0.6) is 0 Å². The number of carbonyl (C=O) groups excluding carboxylic acids is 1. The highest BCUT2D eigenvalue weighted by Crippen LogP contribution is 2.25. The van der Waals surface area contributed by atoms with Crippen LogP contribution in [-0.4, -0.2) is 49.0 Å². The lowest BCUT2D eigenvalue weighted by Crippen LogP contribution is -2.29. The lowest BCUT2D eigenvalue weighted by Gasteiger charge is -2.16. The molecule has 3 aromatic rings. The van der Waals surface area contributed by atoms with Crippen molar-refractivity contribution in [2.45, 2.75) is 32.2 Å². The smallest absolute Gasteiger partial charge is 0.280 e. The van der Waals surface area contributed by atoms with E-state index in [1.54, 1.807) is 40.0 Å². The van der Waals surface area contributed by atoms with Crippen LogP contribution >= 0.6 is 0 Å². The number of nitrogens with zero attached hydrogens (tertiary/aromatic N) is 7. The van der Waals surface area contributed by atoms with Crippen LogP contribution in [0, 0.1) is 11.3 Å². The van der Waals surface area contributed by atoms with Gasteiger partial charge in [-0.2, -0.15) is 10.2 Å². The van der Waals surface area contributed by atoms with E-state index in [1.165, 1.54) is 0 Å². The van der Waals surface area contributed by atoms with Crippen molar-refractivity contribution in [3.63, 3.8) is 0 Å². The first-order valence-corrected chi connectivity index (χ1v) is 9.10. The Morgan fingerprint density at radius 1 is 1.32 bits per heavy atom. The fourth-order valence-corrected chi connectivity index (χ4v) is 3.14. The van der Waals surface area contributed by atoms with E-state index < -0.39 is 0 Å². The molecule has 0 radical (unpaired) electrons. The predicted octanol–water partition coefficient (Wildman–Crippen LogP) is 2.41. The molecule has 1 fully saturated rings. The molecule has 1 aromatic carbocycles. The molecule has 9 heteroatoms. The fourth-order valence-electron chi connectivity index (χ4n) is 3.14. The standard InChI is InChI=1S/C19H19N7O2/c1-12(2)17-21-18(28-23-17)16-11-26(24-22-16)15-7-8-25(10-15)19(27)14-5-3-13(9-20)4-6-14/h3-6,11-12,15H,7-8,10H2,1-2H3/t15-/m0/s1. The molecule has 0 spiro atoms. The lowest BCUT2D eigenvalue weighted by molar-refractivity contribution is 0.0787. The van der Waals surface area contributed by atoms with E-state index in [0.29, 0.717) is 41.6 Å². The Morgan fingerprint density at radius 2 is 2.11 bits per heavy atom. The quantitative estimate of drug-likeness (QED) is 0.686. The molecular weight excluding hydrogens is 358 g/mol. The minimum Gasteiger partial charge on any atom is -0.336 e. The maximum absolute atomic E-state index is 12.7. The number of rotatable bonds is 4. The second kappa shape index (κ2) is 7.23. The summed E-state index contributed by atoms with van der Waals surface area (Å²) in [6.45, 7) is 5.16. The van der Waals surface area contributed by atoms with Crippen LogP contribution in [0.2, 0.25) is 0 Å². The Bertz CT molecular complexity index is 1030. The fraction of sp³-hybridized carbons (Fsp3) is 0.368. The topological polar surface area (TPSA) is 114 Å². The molecule has 1 saturated heterocycles. The van der Waals surface area contributed by atoms with Gasteiger partial charge < -0.3 is 9.42 Å². The minimum atomic E-state index is -0.0502. The molecule has 0 aliphatic carbocycles. The molecule has 9 nitrogen and oxygen atoms in total. The molecule has 1 aliphatic rings. The molecule has 142 valence electrons. The van der Waals surface area contributed by atoms with Crippen molar-refractivity contribution in [1.82, 2.24) is 30.0 Å². The van der Waals surface area contributed by atoms with E-state index in [1.807, 2.05) is 13.8 Å². The summed E-state index contributed by atoms with van der Waals surface area (Å²) in [6, 6.07) is 8.77. The van der Waals surface area contributed by atoms with Gasteiger partial charge in [0.1, 0.15) is 0 Å². The third-order valence-corrected chi connectivity index (χ3v) is 4.77. The van der Waals surface area contributed by atoms with E-state index in [4.69, 9.17) is 9.78 Å². The van der Waals surface area contributed by atoms with E-state index in [-0.39, 0.29) is 17.9 Å². The summed E-state index contributed by atoms with van der Waals surface area (Å²) in [7, 11) is 0. The van der Waals surface area contributed by atoms with E-state index in [2.05, 4.69) is 26.5 Å². The SMILES string of the molecule is CC(C)c1noc(-c2cn([C@H]3CCN(C(=O)c4ccc(C#N)cc4)C3)nn2)n1. The maximum atomic E-state index is 12.7. The van der Waals surface area contributed by atoms with Gasteiger partial charge in [-0.25, -0.2) is 4.68 Å². The van der Waals surface area contributed by atoms with Gasteiger partial charge in [0.05, 0.1) is 23.9 Å². The molecule has 4 rings (SSSR count). The van der Waals surface area contributed by atoms with Gasteiger partial charge in [0, 0.05) is 24.6 Å². The Labute approximate surface area is 161 Å². The van der Waals surface area contributed by atoms with Crippen LogP contribution < -0.4 is 0 Å². The van der Waals surface area contributed by atoms with Crippen molar-refractivity contribution in [3.05, 3.63) is 47.4 Å². The zero-order valence-corrected chi connectivity index (χ0v) is 15.6. The number of hydrogen-bond donors (Lipinski definition) is 0. The molecule has 0 saturated carbocycles. The van der Waals surface area contributed by atoms with Gasteiger partial charge >= 0.3 is 0 Å². The van der Waals surface area contributed by atoms with Gasteiger partial charge in [0.2, 0.25) is 0 Å². The number of benzene rings is 1. The van der Waals surface area contributed by atoms with Crippen LogP contribution in [0.25, 0.3) is 11.6 Å². The summed E-state index contributed by atoms with van der Waals surface area (Å²) in [6.07, 6.45) is 2.56. The molecule has 1 aliphatic heterocycles. The Hall–Kier alpha value is -3.54. The lowest BCUT2D eigenvalue weighted by atomic mass is 10.1. The minimum absolute atomic E-state index is 0.0380. The average molecular weight is 377 g/mol. The summed E-state index contributed by atoms with van der Waals surface area (Å²) >= 11 is 0. The summed E-state index contributed by atoms with van der Waals surface area (Å²) < 4.78 is 7.01. The molecular formula is C19H19N7O2. The normalized spacial score (nSPS) is 16.5. The van der Waals surface area contributed by atoms with Crippen molar-refractivity contribution >= 4 is 5.91 Å². The molecule has 1 atom stereocenters. The second-order valence-electron chi connectivity index (χ2n) is 7.08. The largest absolute Gasteiger partial charge is 0.336 e. The Balaban J connectivity index is 1.44. The maximum Gasteiger partial charge on any atom is 0.280 e. The van der Waals surface area contributed by atoms with E-state index >= 15 is 0 Å². The first-order valence-electron chi connectivity index (χ1n) is 9.10. The van der Waals surface area contributed by atoms with E-state index in [9.17, 15) is 4.79 Å². The molecule has 1 amide bonds. The van der Waals surface area contributed by atoms with Gasteiger partial charge in [-0.1, -0.05) is 24.2 Å². The monoisotopic (exact) mass is 377 g/mol. The number of aromatic nitrogens is 5. The molecule has 0 bridgehead atoms. The third kappa shape index (κ3) is 3.36. The van der Waals surface area contributed by atoms with Crippen molar-refractivity contribution in [2.24, 2.45) is 0 Å². The van der Waals surface area contributed by atoms with Crippen molar-refractivity contribution in [3.8, 4) is 17.7 Å². The van der Waals surface area contributed by atoms with Crippen LogP contribution in [-0.2, 0) is 0 Å². The summed E-state index contributed by atoms with van der Waals surface area (Å²) in [4.78, 5) is 18.8. The zero-order valence-electron chi connectivity index (χ0n) is 15.6. The highest BCUT2D eigenvalue weighted by molar-refractivity contribution is 5.94. The first kappa shape index (κ1) is 17.9. The van der Waals surface area contributed by atoms with Crippen LogP contribution in [0.3, 0.4) is 0 Å². The van der Waals surface area contributed by atoms with Crippen LogP contribution in [0.1, 0.15) is 54.0 Å². The highest BCUT2D eigenvalue weighted by atomic mass is 16.5. The third-order valence-electron chi connectivity index (χ3n) is 4.77. The number of likely N-dealkylation sites (tertiary alicyclic amines) is 1. The first-order chi connectivity index (χ1) is 13.5.